The van der Waals surface area contributed by atoms with Crippen LogP contribution in [0.4, 0.5) is 16.3 Å². The number of benzene rings is 1. The minimum atomic E-state index is -0.190. The SMILES string of the molecule is CC(C)c1nc(N[C@@H]2C[C@H]2c2cccc(F)c2)nc(N(C)C)n1. The smallest absolute Gasteiger partial charge is 0.229 e. The van der Waals surface area contributed by atoms with Gasteiger partial charge in [-0.1, -0.05) is 26.0 Å². The summed E-state index contributed by atoms with van der Waals surface area (Å²) < 4.78 is 13.3. The molecule has 0 radical (unpaired) electrons. The Bertz CT molecular complexity index is 675. The second kappa shape index (κ2) is 6.10. The average Bonchev–Trinajstić information content (AvgIpc) is 3.26. The van der Waals surface area contributed by atoms with Crippen molar-refractivity contribution in [3.05, 3.63) is 41.5 Å². The van der Waals surface area contributed by atoms with E-state index >= 15 is 0 Å². The van der Waals surface area contributed by atoms with Crippen LogP contribution in [0, 0.1) is 5.82 Å². The Morgan fingerprint density at radius 1 is 1.22 bits per heavy atom. The van der Waals surface area contributed by atoms with Crippen molar-refractivity contribution in [3.63, 3.8) is 0 Å². The third-order valence-corrected chi connectivity index (χ3v) is 3.94. The minimum absolute atomic E-state index is 0.190. The molecule has 122 valence electrons. The van der Waals surface area contributed by atoms with Crippen molar-refractivity contribution in [1.82, 2.24) is 15.0 Å². The summed E-state index contributed by atoms with van der Waals surface area (Å²) in [6.07, 6.45) is 0.962. The number of halogens is 1. The first-order chi connectivity index (χ1) is 10.9. The van der Waals surface area contributed by atoms with E-state index in [4.69, 9.17) is 0 Å². The standard InChI is InChI=1S/C17H22FN5/c1-10(2)15-20-16(22-17(21-15)23(3)4)19-14-9-13(14)11-6-5-7-12(18)8-11/h5-8,10,13-14H,9H2,1-4H3,(H,19,20,21,22)/t13-,14+/m0/s1. The number of hydrogen-bond donors (Lipinski definition) is 1. The van der Waals surface area contributed by atoms with Gasteiger partial charge in [-0.2, -0.15) is 15.0 Å². The lowest BCUT2D eigenvalue weighted by Gasteiger charge is -2.14. The zero-order valence-corrected chi connectivity index (χ0v) is 13.9. The molecular formula is C17H22FN5. The summed E-state index contributed by atoms with van der Waals surface area (Å²) >= 11 is 0. The monoisotopic (exact) mass is 315 g/mol. The zero-order valence-electron chi connectivity index (χ0n) is 13.9. The van der Waals surface area contributed by atoms with Crippen LogP contribution in [0.5, 0.6) is 0 Å². The molecule has 2 atom stereocenters. The van der Waals surface area contributed by atoms with Gasteiger partial charge in [0.05, 0.1) is 0 Å². The van der Waals surface area contributed by atoms with Gasteiger partial charge in [-0.15, -0.1) is 0 Å². The molecule has 0 bridgehead atoms. The molecule has 1 heterocycles. The van der Waals surface area contributed by atoms with Crippen LogP contribution in [-0.4, -0.2) is 35.1 Å². The Morgan fingerprint density at radius 2 is 2.00 bits per heavy atom. The van der Waals surface area contributed by atoms with Crippen molar-refractivity contribution >= 4 is 11.9 Å². The van der Waals surface area contributed by atoms with E-state index in [1.807, 2.05) is 25.1 Å². The number of nitrogens with one attached hydrogen (secondary N) is 1. The number of rotatable bonds is 5. The van der Waals surface area contributed by atoms with Crippen molar-refractivity contribution < 1.29 is 4.39 Å². The summed E-state index contributed by atoms with van der Waals surface area (Å²) in [4.78, 5) is 15.3. The molecule has 2 aromatic rings. The van der Waals surface area contributed by atoms with Crippen LogP contribution < -0.4 is 10.2 Å². The predicted octanol–water partition coefficient (Wildman–Crippen LogP) is 3.17. The predicted molar refractivity (Wildman–Crippen MR) is 89.4 cm³/mol. The van der Waals surface area contributed by atoms with E-state index in [9.17, 15) is 4.39 Å². The molecule has 0 unspecified atom stereocenters. The second-order valence-electron chi connectivity index (χ2n) is 6.51. The third-order valence-electron chi connectivity index (χ3n) is 3.94. The van der Waals surface area contributed by atoms with Crippen LogP contribution in [0.1, 0.15) is 43.5 Å². The number of hydrogen-bond acceptors (Lipinski definition) is 5. The highest BCUT2D eigenvalue weighted by atomic mass is 19.1. The molecule has 1 aromatic heterocycles. The third kappa shape index (κ3) is 3.57. The van der Waals surface area contributed by atoms with Crippen LogP contribution in [0.25, 0.3) is 0 Å². The van der Waals surface area contributed by atoms with Crippen molar-refractivity contribution in [3.8, 4) is 0 Å². The van der Waals surface area contributed by atoms with Gasteiger partial charge >= 0.3 is 0 Å². The molecule has 0 aliphatic heterocycles. The molecule has 0 amide bonds. The highest BCUT2D eigenvalue weighted by molar-refractivity contribution is 5.41. The molecule has 6 heteroatoms. The van der Waals surface area contributed by atoms with Gasteiger partial charge < -0.3 is 10.2 Å². The van der Waals surface area contributed by atoms with Crippen molar-refractivity contribution in [1.29, 1.82) is 0 Å². The average molecular weight is 315 g/mol. The lowest BCUT2D eigenvalue weighted by molar-refractivity contribution is 0.625. The molecule has 1 saturated carbocycles. The maximum absolute atomic E-state index is 13.3. The molecule has 5 nitrogen and oxygen atoms in total. The molecular weight excluding hydrogens is 293 g/mol. The van der Waals surface area contributed by atoms with E-state index in [0.717, 1.165) is 17.8 Å². The first kappa shape index (κ1) is 15.6. The molecule has 3 rings (SSSR count). The van der Waals surface area contributed by atoms with Gasteiger partial charge in [-0.05, 0) is 24.1 Å². The summed E-state index contributed by atoms with van der Waals surface area (Å²) in [5, 5.41) is 3.36. The largest absolute Gasteiger partial charge is 0.351 e. The zero-order chi connectivity index (χ0) is 16.6. The van der Waals surface area contributed by atoms with E-state index in [1.165, 1.54) is 6.07 Å². The summed E-state index contributed by atoms with van der Waals surface area (Å²) in [6.45, 7) is 4.12. The van der Waals surface area contributed by atoms with Crippen LogP contribution >= 0.6 is 0 Å². The molecule has 23 heavy (non-hydrogen) atoms. The number of nitrogens with zero attached hydrogens (tertiary/aromatic N) is 4. The fraction of sp³-hybridized carbons (Fsp3) is 0.471. The Hall–Kier alpha value is -2.24. The Morgan fingerprint density at radius 3 is 2.65 bits per heavy atom. The van der Waals surface area contributed by atoms with E-state index < -0.39 is 0 Å². The lowest BCUT2D eigenvalue weighted by atomic mass is 10.1. The Kier molecular flexibility index (Phi) is 4.15. The molecule has 0 saturated heterocycles. The van der Waals surface area contributed by atoms with Gasteiger partial charge in [-0.3, -0.25) is 0 Å². The van der Waals surface area contributed by atoms with Crippen LogP contribution in [0.15, 0.2) is 24.3 Å². The van der Waals surface area contributed by atoms with E-state index in [1.54, 1.807) is 12.1 Å². The molecule has 1 fully saturated rings. The maximum atomic E-state index is 13.3. The van der Waals surface area contributed by atoms with E-state index in [-0.39, 0.29) is 17.8 Å². The highest BCUT2D eigenvalue weighted by Crippen LogP contribution is 2.42. The molecule has 0 spiro atoms. The van der Waals surface area contributed by atoms with Gasteiger partial charge in [0, 0.05) is 32.0 Å². The Labute approximate surface area is 136 Å². The van der Waals surface area contributed by atoms with Gasteiger partial charge in [0.1, 0.15) is 11.6 Å². The van der Waals surface area contributed by atoms with E-state index in [0.29, 0.717) is 17.8 Å². The summed E-state index contributed by atoms with van der Waals surface area (Å²) in [5.74, 6) is 2.37. The molecule has 1 aromatic carbocycles. The lowest BCUT2D eigenvalue weighted by Crippen LogP contribution is -2.18. The summed E-state index contributed by atoms with van der Waals surface area (Å²) in [6, 6.07) is 7.04. The van der Waals surface area contributed by atoms with Crippen LogP contribution in [-0.2, 0) is 0 Å². The normalized spacial score (nSPS) is 19.7. The Balaban J connectivity index is 1.76. The van der Waals surface area contributed by atoms with Gasteiger partial charge in [0.15, 0.2) is 0 Å². The first-order valence-electron chi connectivity index (χ1n) is 7.89. The summed E-state index contributed by atoms with van der Waals surface area (Å²) in [7, 11) is 3.83. The second-order valence-corrected chi connectivity index (χ2v) is 6.51. The van der Waals surface area contributed by atoms with Gasteiger partial charge in [0.25, 0.3) is 0 Å². The summed E-state index contributed by atoms with van der Waals surface area (Å²) in [5.41, 5.74) is 1.02. The maximum Gasteiger partial charge on any atom is 0.229 e. The quantitative estimate of drug-likeness (QED) is 0.918. The first-order valence-corrected chi connectivity index (χ1v) is 7.89. The van der Waals surface area contributed by atoms with Gasteiger partial charge in [0.2, 0.25) is 11.9 Å². The molecule has 1 aliphatic rings. The van der Waals surface area contributed by atoms with E-state index in [2.05, 4.69) is 34.1 Å². The van der Waals surface area contributed by atoms with Crippen LogP contribution in [0.3, 0.4) is 0 Å². The van der Waals surface area contributed by atoms with Gasteiger partial charge in [-0.25, -0.2) is 4.39 Å². The number of anilines is 2. The minimum Gasteiger partial charge on any atom is -0.351 e. The highest BCUT2D eigenvalue weighted by Gasteiger charge is 2.39. The fourth-order valence-electron chi connectivity index (χ4n) is 2.53. The molecule has 1 aliphatic carbocycles. The number of aromatic nitrogens is 3. The fourth-order valence-corrected chi connectivity index (χ4v) is 2.53. The van der Waals surface area contributed by atoms with Crippen molar-refractivity contribution in [2.24, 2.45) is 0 Å². The van der Waals surface area contributed by atoms with Crippen molar-refractivity contribution in [2.45, 2.75) is 38.1 Å². The van der Waals surface area contributed by atoms with Crippen LogP contribution in [0.2, 0.25) is 0 Å². The topological polar surface area (TPSA) is 53.9 Å². The van der Waals surface area contributed by atoms with Crippen molar-refractivity contribution in [2.75, 3.05) is 24.3 Å². The molecule has 1 N–H and O–H groups in total.